The Labute approximate surface area is 124 Å². The van der Waals surface area contributed by atoms with Crippen LogP contribution in [0.25, 0.3) is 10.2 Å². The van der Waals surface area contributed by atoms with Gasteiger partial charge in [0.2, 0.25) is 0 Å². The summed E-state index contributed by atoms with van der Waals surface area (Å²) in [5.41, 5.74) is 1.55. The maximum Gasteiger partial charge on any atom is 0.319 e. The van der Waals surface area contributed by atoms with E-state index < -0.39 is 5.41 Å². The summed E-state index contributed by atoms with van der Waals surface area (Å²) < 4.78 is 6.42. The number of fused-ring (bicyclic) bond motifs is 1. The molecule has 0 amide bonds. The van der Waals surface area contributed by atoms with Crippen molar-refractivity contribution in [2.75, 3.05) is 6.61 Å². The smallest absolute Gasteiger partial charge is 0.319 e. The summed E-state index contributed by atoms with van der Waals surface area (Å²) in [7, 11) is 0. The number of rotatable bonds is 5. The van der Waals surface area contributed by atoms with Gasteiger partial charge in [0.15, 0.2) is 0 Å². The van der Waals surface area contributed by atoms with E-state index in [1.807, 2.05) is 20.8 Å². The number of ether oxygens (including phenoxy) is 1. The van der Waals surface area contributed by atoms with E-state index in [0.29, 0.717) is 19.4 Å². The van der Waals surface area contributed by atoms with Gasteiger partial charge in [0.1, 0.15) is 10.4 Å². The SMILES string of the molecule is CCOC(=O)C(CC)(CC)c1nc2cc(C)ccc2s1. The van der Waals surface area contributed by atoms with Crippen molar-refractivity contribution in [2.45, 2.75) is 46.0 Å². The van der Waals surface area contributed by atoms with E-state index in [4.69, 9.17) is 9.72 Å². The lowest BCUT2D eigenvalue weighted by atomic mass is 9.83. The maximum atomic E-state index is 12.4. The zero-order chi connectivity index (χ0) is 14.8. The molecular formula is C16H21NO2S. The van der Waals surface area contributed by atoms with Crippen LogP contribution >= 0.6 is 11.3 Å². The van der Waals surface area contributed by atoms with Crippen LogP contribution in [0.1, 0.15) is 44.2 Å². The molecule has 0 saturated carbocycles. The van der Waals surface area contributed by atoms with E-state index >= 15 is 0 Å². The Balaban J connectivity index is 2.53. The van der Waals surface area contributed by atoms with Gasteiger partial charge in [-0.3, -0.25) is 4.79 Å². The monoisotopic (exact) mass is 291 g/mol. The van der Waals surface area contributed by atoms with Crippen LogP contribution in [0.15, 0.2) is 18.2 Å². The number of benzene rings is 1. The molecule has 2 rings (SSSR count). The summed E-state index contributed by atoms with van der Waals surface area (Å²) in [6.07, 6.45) is 1.42. The summed E-state index contributed by atoms with van der Waals surface area (Å²) in [6, 6.07) is 6.22. The van der Waals surface area contributed by atoms with Gasteiger partial charge in [-0.15, -0.1) is 11.3 Å². The Hall–Kier alpha value is -1.42. The van der Waals surface area contributed by atoms with Crippen LogP contribution in [-0.2, 0) is 14.9 Å². The number of nitrogens with zero attached hydrogens (tertiary/aromatic N) is 1. The number of carbonyl (C=O) groups is 1. The van der Waals surface area contributed by atoms with E-state index in [1.54, 1.807) is 11.3 Å². The summed E-state index contributed by atoms with van der Waals surface area (Å²) in [5.74, 6) is -0.152. The number of hydrogen-bond acceptors (Lipinski definition) is 4. The molecule has 4 heteroatoms. The number of carbonyl (C=O) groups excluding carboxylic acids is 1. The average Bonchev–Trinajstić information content (AvgIpc) is 2.84. The van der Waals surface area contributed by atoms with E-state index in [2.05, 4.69) is 25.1 Å². The molecule has 0 saturated heterocycles. The molecule has 0 aliphatic carbocycles. The Morgan fingerprint density at radius 2 is 2.00 bits per heavy atom. The predicted octanol–water partition coefficient (Wildman–Crippen LogP) is 4.23. The van der Waals surface area contributed by atoms with Crippen molar-refractivity contribution in [3.05, 3.63) is 28.8 Å². The van der Waals surface area contributed by atoms with E-state index in [0.717, 1.165) is 15.2 Å². The first-order valence-electron chi connectivity index (χ1n) is 7.12. The van der Waals surface area contributed by atoms with Gasteiger partial charge in [0.25, 0.3) is 0 Å². The highest BCUT2D eigenvalue weighted by atomic mass is 32.1. The summed E-state index contributed by atoms with van der Waals surface area (Å²) in [4.78, 5) is 17.1. The number of aromatic nitrogens is 1. The normalized spacial score (nSPS) is 11.8. The van der Waals surface area contributed by atoms with Crippen molar-refractivity contribution in [3.8, 4) is 0 Å². The van der Waals surface area contributed by atoms with Gasteiger partial charge in [-0.1, -0.05) is 19.9 Å². The van der Waals surface area contributed by atoms with Crippen molar-refractivity contribution in [2.24, 2.45) is 0 Å². The molecule has 1 heterocycles. The second kappa shape index (κ2) is 5.92. The van der Waals surface area contributed by atoms with Crippen LogP contribution in [0, 0.1) is 6.92 Å². The van der Waals surface area contributed by atoms with E-state index in [9.17, 15) is 4.79 Å². The second-order valence-corrected chi connectivity index (χ2v) is 6.03. The van der Waals surface area contributed by atoms with Crippen LogP contribution in [0.2, 0.25) is 0 Å². The lowest BCUT2D eigenvalue weighted by Crippen LogP contribution is -2.36. The molecule has 0 aliphatic heterocycles. The molecule has 2 aromatic rings. The van der Waals surface area contributed by atoms with E-state index in [-0.39, 0.29) is 5.97 Å². The highest BCUT2D eigenvalue weighted by molar-refractivity contribution is 7.18. The molecule has 1 aromatic carbocycles. The third-order valence-corrected chi connectivity index (χ3v) is 5.07. The first-order valence-corrected chi connectivity index (χ1v) is 7.94. The van der Waals surface area contributed by atoms with Gasteiger partial charge >= 0.3 is 5.97 Å². The Bertz CT molecular complexity index is 614. The fraction of sp³-hybridized carbons (Fsp3) is 0.500. The zero-order valence-corrected chi connectivity index (χ0v) is 13.3. The van der Waals surface area contributed by atoms with Crippen LogP contribution in [0.3, 0.4) is 0 Å². The minimum atomic E-state index is -0.604. The van der Waals surface area contributed by atoms with E-state index in [1.165, 1.54) is 5.56 Å². The molecule has 0 fully saturated rings. The Kier molecular flexibility index (Phi) is 4.43. The molecule has 0 radical (unpaired) electrons. The summed E-state index contributed by atoms with van der Waals surface area (Å²) >= 11 is 1.60. The Morgan fingerprint density at radius 3 is 2.60 bits per heavy atom. The molecule has 0 N–H and O–H groups in total. The molecule has 0 unspecified atom stereocenters. The van der Waals surface area contributed by atoms with Crippen molar-refractivity contribution in [1.82, 2.24) is 4.98 Å². The number of esters is 1. The first kappa shape index (κ1) is 15.0. The first-order chi connectivity index (χ1) is 9.57. The molecule has 20 heavy (non-hydrogen) atoms. The molecule has 108 valence electrons. The Morgan fingerprint density at radius 1 is 1.30 bits per heavy atom. The van der Waals surface area contributed by atoms with Crippen LogP contribution in [0.4, 0.5) is 0 Å². The van der Waals surface area contributed by atoms with Gasteiger partial charge < -0.3 is 4.74 Å². The molecule has 0 bridgehead atoms. The van der Waals surface area contributed by atoms with Crippen LogP contribution in [-0.4, -0.2) is 17.6 Å². The highest BCUT2D eigenvalue weighted by Crippen LogP contribution is 2.38. The van der Waals surface area contributed by atoms with Gasteiger partial charge in [-0.2, -0.15) is 0 Å². The third kappa shape index (κ3) is 2.44. The summed E-state index contributed by atoms with van der Waals surface area (Å²) in [5, 5.41) is 0.876. The molecule has 3 nitrogen and oxygen atoms in total. The van der Waals surface area contributed by atoms with Gasteiger partial charge in [0, 0.05) is 0 Å². The largest absolute Gasteiger partial charge is 0.465 e. The lowest BCUT2D eigenvalue weighted by molar-refractivity contribution is -0.150. The standard InChI is InChI=1S/C16H21NO2S/c1-5-16(6-2,15(18)19-7-3)14-17-12-10-11(4)8-9-13(12)20-14/h8-10H,5-7H2,1-4H3. The molecule has 0 aliphatic rings. The maximum absolute atomic E-state index is 12.4. The highest BCUT2D eigenvalue weighted by Gasteiger charge is 2.41. The van der Waals surface area contributed by atoms with Crippen molar-refractivity contribution >= 4 is 27.5 Å². The average molecular weight is 291 g/mol. The second-order valence-electron chi connectivity index (χ2n) is 5.00. The molecule has 0 spiro atoms. The number of thiazole rings is 1. The fourth-order valence-corrected chi connectivity index (χ4v) is 3.70. The fourth-order valence-electron chi connectivity index (χ4n) is 2.44. The van der Waals surface area contributed by atoms with Crippen LogP contribution in [0.5, 0.6) is 0 Å². The predicted molar refractivity (Wildman–Crippen MR) is 83.3 cm³/mol. The summed E-state index contributed by atoms with van der Waals surface area (Å²) in [6.45, 7) is 8.35. The molecular weight excluding hydrogens is 270 g/mol. The third-order valence-electron chi connectivity index (χ3n) is 3.83. The molecule has 0 atom stereocenters. The minimum Gasteiger partial charge on any atom is -0.465 e. The molecule has 1 aromatic heterocycles. The van der Waals surface area contributed by atoms with Gasteiger partial charge in [-0.05, 0) is 44.4 Å². The van der Waals surface area contributed by atoms with Crippen molar-refractivity contribution < 1.29 is 9.53 Å². The lowest BCUT2D eigenvalue weighted by Gasteiger charge is -2.26. The van der Waals surface area contributed by atoms with Crippen LogP contribution < -0.4 is 0 Å². The van der Waals surface area contributed by atoms with Gasteiger partial charge in [0.05, 0.1) is 16.8 Å². The topological polar surface area (TPSA) is 39.2 Å². The van der Waals surface area contributed by atoms with Crippen molar-refractivity contribution in [3.63, 3.8) is 0 Å². The number of hydrogen-bond donors (Lipinski definition) is 0. The van der Waals surface area contributed by atoms with Crippen molar-refractivity contribution in [1.29, 1.82) is 0 Å². The van der Waals surface area contributed by atoms with Gasteiger partial charge in [-0.25, -0.2) is 4.98 Å². The minimum absolute atomic E-state index is 0.152. The quantitative estimate of drug-likeness (QED) is 0.774. The number of aryl methyl sites for hydroxylation is 1. The zero-order valence-electron chi connectivity index (χ0n) is 12.5.